The Morgan fingerprint density at radius 1 is 1.00 bits per heavy atom. The van der Waals surface area contributed by atoms with Crippen LogP contribution < -0.4 is 4.74 Å². The van der Waals surface area contributed by atoms with Crippen molar-refractivity contribution in [1.29, 1.82) is 0 Å². The summed E-state index contributed by atoms with van der Waals surface area (Å²) in [6.45, 7) is 6.50. The van der Waals surface area contributed by atoms with Crippen molar-refractivity contribution in [3.05, 3.63) is 83.7 Å². The Labute approximate surface area is 200 Å². The third-order valence-corrected chi connectivity index (χ3v) is 6.27. The van der Waals surface area contributed by atoms with Gasteiger partial charge in [-0.25, -0.2) is 14.4 Å². The lowest BCUT2D eigenvalue weighted by molar-refractivity contribution is 0.340. The maximum Gasteiger partial charge on any atom is 0.234 e. The summed E-state index contributed by atoms with van der Waals surface area (Å²) >= 11 is 1.45. The van der Waals surface area contributed by atoms with Gasteiger partial charge in [0.25, 0.3) is 0 Å². The van der Waals surface area contributed by atoms with Crippen molar-refractivity contribution < 1.29 is 9.13 Å². The summed E-state index contributed by atoms with van der Waals surface area (Å²) in [7, 11) is 0. The molecule has 0 aliphatic rings. The van der Waals surface area contributed by atoms with Crippen molar-refractivity contribution in [2.75, 3.05) is 6.61 Å². The molecule has 5 rings (SSSR count). The van der Waals surface area contributed by atoms with E-state index in [-0.39, 0.29) is 5.82 Å². The molecule has 0 aliphatic heterocycles. The number of halogens is 1. The molecule has 0 amide bonds. The first-order valence-corrected chi connectivity index (χ1v) is 11.9. The second-order valence-electron chi connectivity index (χ2n) is 7.78. The van der Waals surface area contributed by atoms with Crippen molar-refractivity contribution in [1.82, 2.24) is 29.1 Å². The van der Waals surface area contributed by atoms with E-state index in [4.69, 9.17) is 4.74 Å². The van der Waals surface area contributed by atoms with Crippen molar-refractivity contribution in [2.24, 2.45) is 0 Å². The zero-order valence-electron chi connectivity index (χ0n) is 19.1. The van der Waals surface area contributed by atoms with Crippen LogP contribution in [0.5, 0.6) is 5.75 Å². The SMILES string of the molecule is CCOc1ccc(-c2nnc(SCc3cn4c(C)cc(C)nc4n3)n2-c2ccccc2F)cc1. The molecular formula is C25H23FN6OS. The van der Waals surface area contributed by atoms with E-state index in [9.17, 15) is 4.39 Å². The third-order valence-electron chi connectivity index (χ3n) is 5.31. The fourth-order valence-electron chi connectivity index (χ4n) is 3.79. The number of rotatable bonds is 7. The normalized spacial score (nSPS) is 11.3. The van der Waals surface area contributed by atoms with Gasteiger partial charge in [-0.2, -0.15) is 0 Å². The van der Waals surface area contributed by atoms with Crippen LogP contribution in [0.1, 0.15) is 24.0 Å². The Morgan fingerprint density at radius 2 is 1.79 bits per heavy atom. The Hall–Kier alpha value is -3.72. The van der Waals surface area contributed by atoms with Gasteiger partial charge in [-0.3, -0.25) is 8.97 Å². The summed E-state index contributed by atoms with van der Waals surface area (Å²) in [6, 6.07) is 16.2. The molecule has 172 valence electrons. The summed E-state index contributed by atoms with van der Waals surface area (Å²) in [4.78, 5) is 9.15. The zero-order chi connectivity index (χ0) is 23.7. The maximum atomic E-state index is 14.8. The fraction of sp³-hybridized carbons (Fsp3) is 0.200. The molecule has 0 atom stereocenters. The largest absolute Gasteiger partial charge is 0.494 e. The molecule has 3 heterocycles. The summed E-state index contributed by atoms with van der Waals surface area (Å²) < 4.78 is 24.1. The standard InChI is InChI=1S/C25H23FN6OS/c1-4-33-20-11-9-18(10-12-20)23-29-30-25(32(23)22-8-6-5-7-21(22)26)34-15-19-14-31-17(3)13-16(2)27-24(31)28-19/h5-14H,4,15H2,1-3H3. The number of aryl methyl sites for hydroxylation is 2. The zero-order valence-corrected chi connectivity index (χ0v) is 19.9. The molecule has 5 aromatic rings. The highest BCUT2D eigenvalue weighted by Gasteiger charge is 2.19. The molecule has 9 heteroatoms. The van der Waals surface area contributed by atoms with Crippen molar-refractivity contribution in [3.63, 3.8) is 0 Å². The number of aromatic nitrogens is 6. The van der Waals surface area contributed by atoms with Gasteiger partial charge in [0, 0.05) is 28.9 Å². The van der Waals surface area contributed by atoms with E-state index in [1.165, 1.54) is 17.8 Å². The van der Waals surface area contributed by atoms with Crippen molar-refractivity contribution in [3.8, 4) is 22.8 Å². The van der Waals surface area contributed by atoms with Gasteiger partial charge in [-0.15, -0.1) is 10.2 Å². The highest BCUT2D eigenvalue weighted by molar-refractivity contribution is 7.98. The van der Waals surface area contributed by atoms with Crippen molar-refractivity contribution >= 4 is 17.5 Å². The summed E-state index contributed by atoms with van der Waals surface area (Å²) in [5, 5.41) is 9.38. The number of hydrogen-bond donors (Lipinski definition) is 0. The molecule has 3 aromatic heterocycles. The first-order chi connectivity index (χ1) is 16.5. The van der Waals surface area contributed by atoms with Crippen LogP contribution in [-0.4, -0.2) is 35.7 Å². The Kier molecular flexibility index (Phi) is 6.02. The van der Waals surface area contributed by atoms with E-state index >= 15 is 0 Å². The number of benzene rings is 2. The van der Waals surface area contributed by atoms with Crippen LogP contribution >= 0.6 is 11.8 Å². The highest BCUT2D eigenvalue weighted by atomic mass is 32.2. The lowest BCUT2D eigenvalue weighted by Crippen LogP contribution is -2.02. The first-order valence-electron chi connectivity index (χ1n) is 10.9. The summed E-state index contributed by atoms with van der Waals surface area (Å²) in [5.74, 6) is 2.18. The predicted octanol–water partition coefficient (Wildman–Crippen LogP) is 5.42. The number of para-hydroxylation sites is 1. The van der Waals surface area contributed by atoms with Gasteiger partial charge in [-0.05, 0) is 63.2 Å². The molecule has 0 aliphatic carbocycles. The van der Waals surface area contributed by atoms with E-state index in [0.717, 1.165) is 28.4 Å². The Morgan fingerprint density at radius 3 is 2.56 bits per heavy atom. The third kappa shape index (κ3) is 4.26. The van der Waals surface area contributed by atoms with E-state index in [2.05, 4.69) is 20.2 Å². The van der Waals surface area contributed by atoms with E-state index < -0.39 is 0 Å². The first kappa shape index (κ1) is 22.1. The molecule has 0 saturated carbocycles. The minimum Gasteiger partial charge on any atom is -0.494 e. The number of imidazole rings is 1. The monoisotopic (exact) mass is 474 g/mol. The molecule has 2 aromatic carbocycles. The molecule has 7 nitrogen and oxygen atoms in total. The number of ether oxygens (including phenoxy) is 1. The van der Waals surface area contributed by atoms with Crippen LogP contribution in [0.15, 0.2) is 66.0 Å². The molecule has 34 heavy (non-hydrogen) atoms. The molecule has 0 spiro atoms. The maximum absolute atomic E-state index is 14.8. The lowest BCUT2D eigenvalue weighted by Gasteiger charge is -2.11. The molecule has 0 bridgehead atoms. The molecule has 0 unspecified atom stereocenters. The van der Waals surface area contributed by atoms with Gasteiger partial charge >= 0.3 is 0 Å². The quantitative estimate of drug-likeness (QED) is 0.293. The second kappa shape index (κ2) is 9.26. The average molecular weight is 475 g/mol. The van der Waals surface area contributed by atoms with Crippen LogP contribution in [0, 0.1) is 19.7 Å². The molecule has 0 N–H and O–H groups in total. The average Bonchev–Trinajstić information content (AvgIpc) is 3.43. The van der Waals surface area contributed by atoms with Crippen LogP contribution in [0.2, 0.25) is 0 Å². The number of fused-ring (bicyclic) bond motifs is 1. The van der Waals surface area contributed by atoms with Crippen LogP contribution in [0.25, 0.3) is 22.9 Å². The van der Waals surface area contributed by atoms with Gasteiger partial charge in [0.05, 0.1) is 18.0 Å². The van der Waals surface area contributed by atoms with Crippen LogP contribution in [0.3, 0.4) is 0 Å². The van der Waals surface area contributed by atoms with E-state index in [0.29, 0.717) is 34.8 Å². The minimum absolute atomic E-state index is 0.348. The number of hydrogen-bond acceptors (Lipinski definition) is 6. The Bertz CT molecular complexity index is 1460. The van der Waals surface area contributed by atoms with Crippen LogP contribution in [0.4, 0.5) is 4.39 Å². The van der Waals surface area contributed by atoms with Gasteiger partial charge < -0.3 is 4.74 Å². The summed E-state index contributed by atoms with van der Waals surface area (Å²) in [5.41, 5.74) is 4.06. The lowest BCUT2D eigenvalue weighted by atomic mass is 10.2. The van der Waals surface area contributed by atoms with Crippen LogP contribution in [-0.2, 0) is 5.75 Å². The second-order valence-corrected chi connectivity index (χ2v) is 8.72. The molecule has 0 fully saturated rings. The minimum atomic E-state index is -0.348. The summed E-state index contributed by atoms with van der Waals surface area (Å²) in [6.07, 6.45) is 1.97. The Balaban J connectivity index is 1.51. The van der Waals surface area contributed by atoms with Crippen molar-refractivity contribution in [2.45, 2.75) is 31.7 Å². The van der Waals surface area contributed by atoms with Gasteiger partial charge in [0.1, 0.15) is 11.6 Å². The van der Waals surface area contributed by atoms with E-state index in [1.54, 1.807) is 22.8 Å². The number of nitrogens with zero attached hydrogens (tertiary/aromatic N) is 6. The molecule has 0 saturated heterocycles. The number of thioether (sulfide) groups is 1. The predicted molar refractivity (Wildman–Crippen MR) is 130 cm³/mol. The van der Waals surface area contributed by atoms with Gasteiger partial charge in [-0.1, -0.05) is 23.9 Å². The van der Waals surface area contributed by atoms with Gasteiger partial charge in [0.2, 0.25) is 5.78 Å². The highest BCUT2D eigenvalue weighted by Crippen LogP contribution is 2.31. The molecular weight excluding hydrogens is 451 g/mol. The van der Waals surface area contributed by atoms with E-state index in [1.807, 2.05) is 61.7 Å². The van der Waals surface area contributed by atoms with Gasteiger partial charge in [0.15, 0.2) is 11.0 Å². The topological polar surface area (TPSA) is 70.1 Å². The smallest absolute Gasteiger partial charge is 0.234 e. The molecule has 0 radical (unpaired) electrons. The fourth-order valence-corrected chi connectivity index (χ4v) is 4.62.